The molecular formula is C15H15ClN6O2S3. The zero-order valence-corrected chi connectivity index (χ0v) is 17.5. The molecule has 2 heterocycles. The molecule has 1 fully saturated rings. The average Bonchev–Trinajstić information content (AvgIpc) is 2.91. The monoisotopic (exact) mass is 442 g/mol. The molecule has 1 aliphatic rings. The predicted octanol–water partition coefficient (Wildman–Crippen LogP) is 3.19. The standard InChI is InChI=1S/C15H15ClN6O2S3/c1-8-3-5-10(6-4-8)27(23,24)21-14-18-9(2)12(16)13(19-14)20-22-11(17)7-26-15(22)25/h3-6,17H,7H2,1-2H3,(H2,18,19,20,21). The van der Waals surface area contributed by atoms with Crippen molar-refractivity contribution in [2.24, 2.45) is 0 Å². The van der Waals surface area contributed by atoms with Gasteiger partial charge < -0.3 is 0 Å². The fourth-order valence-corrected chi connectivity index (χ4v) is 4.24. The molecule has 2 aromatic rings. The molecule has 3 N–H and O–H groups in total. The average molecular weight is 443 g/mol. The lowest BCUT2D eigenvalue weighted by atomic mass is 10.2. The first-order valence-corrected chi connectivity index (χ1v) is 10.9. The summed E-state index contributed by atoms with van der Waals surface area (Å²) in [6.45, 7) is 3.49. The molecule has 1 saturated heterocycles. The first-order chi connectivity index (χ1) is 12.7. The van der Waals surface area contributed by atoms with E-state index in [1.807, 2.05) is 6.92 Å². The lowest BCUT2D eigenvalue weighted by molar-refractivity contribution is 0.600. The van der Waals surface area contributed by atoms with Gasteiger partial charge in [0.2, 0.25) is 5.95 Å². The first-order valence-electron chi connectivity index (χ1n) is 7.62. The van der Waals surface area contributed by atoms with E-state index in [9.17, 15) is 8.42 Å². The third-order valence-corrected chi connectivity index (χ3v) is 6.76. The molecule has 0 aliphatic carbocycles. The molecule has 1 aliphatic heterocycles. The van der Waals surface area contributed by atoms with Crippen LogP contribution in [0.2, 0.25) is 5.02 Å². The summed E-state index contributed by atoms with van der Waals surface area (Å²) in [6.07, 6.45) is 0. The van der Waals surface area contributed by atoms with Gasteiger partial charge in [-0.05, 0) is 26.0 Å². The van der Waals surface area contributed by atoms with E-state index in [1.54, 1.807) is 19.1 Å². The largest absolute Gasteiger partial charge is 0.286 e. The SMILES string of the molecule is Cc1ccc(S(=O)(=O)Nc2nc(C)c(Cl)c(NN3C(=N)CSC3=S)n2)cc1. The number of hydrazine groups is 1. The van der Waals surface area contributed by atoms with Crippen LogP contribution in [0.1, 0.15) is 11.3 Å². The quantitative estimate of drug-likeness (QED) is 0.605. The van der Waals surface area contributed by atoms with Crippen LogP contribution in [0.5, 0.6) is 0 Å². The predicted molar refractivity (Wildman–Crippen MR) is 112 cm³/mol. The van der Waals surface area contributed by atoms with Gasteiger partial charge in [-0.15, -0.1) is 0 Å². The number of amidine groups is 1. The molecule has 12 heteroatoms. The minimum atomic E-state index is -3.86. The number of anilines is 2. The van der Waals surface area contributed by atoms with Gasteiger partial charge in [0.15, 0.2) is 10.1 Å². The molecule has 0 saturated carbocycles. The lowest BCUT2D eigenvalue weighted by Crippen LogP contribution is -2.34. The molecule has 1 aromatic heterocycles. The second kappa shape index (κ2) is 7.58. The van der Waals surface area contributed by atoms with Crippen molar-refractivity contribution in [1.82, 2.24) is 15.0 Å². The Morgan fingerprint density at radius 1 is 1.26 bits per heavy atom. The van der Waals surface area contributed by atoms with Crippen LogP contribution in [0.3, 0.4) is 0 Å². The molecule has 0 unspecified atom stereocenters. The van der Waals surface area contributed by atoms with E-state index in [-0.39, 0.29) is 27.5 Å². The van der Waals surface area contributed by atoms with Crippen LogP contribution < -0.4 is 10.1 Å². The van der Waals surface area contributed by atoms with Gasteiger partial charge in [0.1, 0.15) is 10.9 Å². The second-order valence-corrected chi connectivity index (χ2v) is 9.33. The van der Waals surface area contributed by atoms with Gasteiger partial charge in [0.25, 0.3) is 10.0 Å². The van der Waals surface area contributed by atoms with E-state index < -0.39 is 10.0 Å². The number of thioether (sulfide) groups is 1. The van der Waals surface area contributed by atoms with Gasteiger partial charge in [0, 0.05) is 0 Å². The number of nitrogens with zero attached hydrogens (tertiary/aromatic N) is 3. The number of benzene rings is 1. The first kappa shape index (κ1) is 19.8. The molecule has 8 nitrogen and oxygen atoms in total. The van der Waals surface area contributed by atoms with Gasteiger partial charge >= 0.3 is 0 Å². The van der Waals surface area contributed by atoms with Crippen LogP contribution in [0.4, 0.5) is 11.8 Å². The maximum atomic E-state index is 12.6. The Balaban J connectivity index is 1.90. The second-order valence-electron chi connectivity index (χ2n) is 5.66. The Morgan fingerprint density at radius 3 is 2.52 bits per heavy atom. The molecule has 3 rings (SSSR count). The van der Waals surface area contributed by atoms with Crippen molar-refractivity contribution in [2.75, 3.05) is 15.9 Å². The number of aromatic nitrogens is 2. The smallest absolute Gasteiger partial charge is 0.264 e. The van der Waals surface area contributed by atoms with Crippen molar-refractivity contribution < 1.29 is 8.42 Å². The third-order valence-electron chi connectivity index (χ3n) is 3.58. The number of thiocarbonyl (C=S) groups is 1. The van der Waals surface area contributed by atoms with Crippen LogP contribution in [-0.4, -0.2) is 39.3 Å². The summed E-state index contributed by atoms with van der Waals surface area (Å²) in [4.78, 5) is 8.33. The van der Waals surface area contributed by atoms with Crippen LogP contribution in [0, 0.1) is 19.3 Å². The molecule has 0 spiro atoms. The highest BCUT2D eigenvalue weighted by molar-refractivity contribution is 8.24. The van der Waals surface area contributed by atoms with Crippen LogP contribution in [0.15, 0.2) is 29.2 Å². The van der Waals surface area contributed by atoms with E-state index >= 15 is 0 Å². The third kappa shape index (κ3) is 4.32. The number of halogens is 1. The van der Waals surface area contributed by atoms with Crippen LogP contribution in [0.25, 0.3) is 0 Å². The summed E-state index contributed by atoms with van der Waals surface area (Å²) in [5.74, 6) is 0.698. The van der Waals surface area contributed by atoms with E-state index in [4.69, 9.17) is 29.2 Å². The van der Waals surface area contributed by atoms with Gasteiger partial charge in [-0.3, -0.25) is 10.8 Å². The van der Waals surface area contributed by atoms with Crippen LogP contribution >= 0.6 is 35.6 Å². The highest BCUT2D eigenvalue weighted by Gasteiger charge is 2.26. The highest BCUT2D eigenvalue weighted by atomic mass is 35.5. The van der Waals surface area contributed by atoms with E-state index in [0.717, 1.165) is 5.56 Å². The Hall–Kier alpha value is -1.95. The molecule has 0 radical (unpaired) electrons. The topological polar surface area (TPSA) is 111 Å². The minimum Gasteiger partial charge on any atom is -0.286 e. The van der Waals surface area contributed by atoms with E-state index in [0.29, 0.717) is 15.8 Å². The molecule has 1 aromatic carbocycles. The van der Waals surface area contributed by atoms with Crippen molar-refractivity contribution in [3.63, 3.8) is 0 Å². The zero-order valence-electron chi connectivity index (χ0n) is 14.3. The van der Waals surface area contributed by atoms with E-state index in [2.05, 4.69) is 20.1 Å². The Bertz CT molecular complexity index is 1010. The highest BCUT2D eigenvalue weighted by Crippen LogP contribution is 2.28. The summed E-state index contributed by atoms with van der Waals surface area (Å²) in [5, 5.41) is 9.47. The number of hydrogen-bond donors (Lipinski definition) is 3. The Morgan fingerprint density at radius 2 is 1.93 bits per heavy atom. The number of rotatable bonds is 5. The van der Waals surface area contributed by atoms with Crippen molar-refractivity contribution >= 4 is 67.5 Å². The van der Waals surface area contributed by atoms with Crippen molar-refractivity contribution in [2.45, 2.75) is 18.7 Å². The summed E-state index contributed by atoms with van der Waals surface area (Å²) < 4.78 is 27.9. The summed E-state index contributed by atoms with van der Waals surface area (Å²) in [6, 6.07) is 6.40. The number of hydrogen-bond acceptors (Lipinski definition) is 8. The minimum absolute atomic E-state index is 0.0951. The van der Waals surface area contributed by atoms with Crippen molar-refractivity contribution in [3.05, 3.63) is 40.5 Å². The maximum Gasteiger partial charge on any atom is 0.264 e. The van der Waals surface area contributed by atoms with Crippen molar-refractivity contribution in [1.29, 1.82) is 5.41 Å². The Kier molecular flexibility index (Phi) is 5.56. The molecule has 27 heavy (non-hydrogen) atoms. The van der Waals surface area contributed by atoms with Gasteiger partial charge in [-0.1, -0.05) is 53.3 Å². The zero-order chi connectivity index (χ0) is 19.8. The number of sulfonamides is 1. The summed E-state index contributed by atoms with van der Waals surface area (Å²) in [7, 11) is -3.86. The lowest BCUT2D eigenvalue weighted by Gasteiger charge is -2.20. The fraction of sp³-hybridized carbons (Fsp3) is 0.200. The number of aryl methyl sites for hydroxylation is 2. The van der Waals surface area contributed by atoms with Gasteiger partial charge in [-0.2, -0.15) is 4.98 Å². The molecule has 142 valence electrons. The molecule has 0 bridgehead atoms. The van der Waals surface area contributed by atoms with Gasteiger partial charge in [-0.25, -0.2) is 23.1 Å². The molecule has 0 atom stereocenters. The number of nitrogens with one attached hydrogen (secondary N) is 3. The van der Waals surface area contributed by atoms with Crippen LogP contribution in [-0.2, 0) is 10.0 Å². The normalized spacial score (nSPS) is 14.6. The fourth-order valence-electron chi connectivity index (χ4n) is 2.16. The summed E-state index contributed by atoms with van der Waals surface area (Å²) >= 11 is 12.7. The van der Waals surface area contributed by atoms with Gasteiger partial charge in [0.05, 0.1) is 16.3 Å². The molecular weight excluding hydrogens is 428 g/mol. The summed E-state index contributed by atoms with van der Waals surface area (Å²) in [5.41, 5.74) is 4.17. The Labute approximate surface area is 171 Å². The van der Waals surface area contributed by atoms with Crippen molar-refractivity contribution in [3.8, 4) is 0 Å². The molecule has 0 amide bonds. The van der Waals surface area contributed by atoms with E-state index in [1.165, 1.54) is 28.9 Å². The maximum absolute atomic E-state index is 12.6.